The number of nitro groups is 1. The van der Waals surface area contributed by atoms with Crippen molar-refractivity contribution in [2.45, 2.75) is 12.5 Å². The number of aromatic nitrogens is 2. The van der Waals surface area contributed by atoms with Crippen LogP contribution in [0.25, 0.3) is 5.65 Å². The van der Waals surface area contributed by atoms with E-state index in [1.165, 1.54) is 4.40 Å². The van der Waals surface area contributed by atoms with Crippen LogP contribution in [0.2, 0.25) is 0 Å². The molecule has 0 spiro atoms. The molecule has 0 saturated heterocycles. The van der Waals surface area contributed by atoms with Crippen LogP contribution in [0.15, 0.2) is 24.4 Å². The zero-order chi connectivity index (χ0) is 14.5. The van der Waals surface area contributed by atoms with Gasteiger partial charge in [0.05, 0.1) is 6.20 Å². The Labute approximate surface area is 120 Å². The number of aliphatic hydroxyl groups excluding tert-OH is 1. The van der Waals surface area contributed by atoms with Crippen LogP contribution < -0.4 is 5.32 Å². The molecule has 2 rings (SSSR count). The third kappa shape index (κ3) is 3.02. The number of imidazole rings is 1. The second kappa shape index (κ2) is 6.58. The third-order valence-corrected chi connectivity index (χ3v) is 3.60. The van der Waals surface area contributed by atoms with E-state index >= 15 is 0 Å². The van der Waals surface area contributed by atoms with Crippen molar-refractivity contribution < 1.29 is 10.0 Å². The Balaban J connectivity index is 2.37. The molecule has 0 aliphatic heterocycles. The Hall–Kier alpha value is -1.80. The molecule has 0 saturated carbocycles. The molecule has 2 N–H and O–H groups in total. The van der Waals surface area contributed by atoms with Gasteiger partial charge in [-0.1, -0.05) is 6.07 Å². The molecule has 0 aromatic carbocycles. The van der Waals surface area contributed by atoms with Gasteiger partial charge >= 0.3 is 5.82 Å². The molecule has 7 nitrogen and oxygen atoms in total. The van der Waals surface area contributed by atoms with Crippen LogP contribution in [0.3, 0.4) is 0 Å². The van der Waals surface area contributed by atoms with E-state index in [1.54, 1.807) is 36.2 Å². The molecule has 0 bridgehead atoms. The number of nitrogens with zero attached hydrogens (tertiary/aromatic N) is 3. The van der Waals surface area contributed by atoms with Crippen LogP contribution >= 0.6 is 11.8 Å². The van der Waals surface area contributed by atoms with E-state index in [-0.39, 0.29) is 24.3 Å². The molecule has 20 heavy (non-hydrogen) atoms. The molecule has 8 heteroatoms. The molecule has 0 radical (unpaired) electrons. The molecular formula is C12H16N4O3S. The highest BCUT2D eigenvalue weighted by Gasteiger charge is 2.24. The number of nitrogens with one attached hydrogen (secondary N) is 1. The van der Waals surface area contributed by atoms with Crippen molar-refractivity contribution in [3.05, 3.63) is 34.5 Å². The highest BCUT2D eigenvalue weighted by Crippen LogP contribution is 2.26. The van der Waals surface area contributed by atoms with Gasteiger partial charge in [-0.2, -0.15) is 21.1 Å². The highest BCUT2D eigenvalue weighted by atomic mass is 32.2. The Bertz CT molecular complexity index is 595. The number of thioether (sulfide) groups is 1. The second-order valence-electron chi connectivity index (χ2n) is 4.28. The summed E-state index contributed by atoms with van der Waals surface area (Å²) in [5.41, 5.74) is 0.522. The molecular weight excluding hydrogens is 280 g/mol. The van der Waals surface area contributed by atoms with Crippen LogP contribution in [0.5, 0.6) is 0 Å². The number of hydrogen-bond donors (Lipinski definition) is 2. The van der Waals surface area contributed by atoms with Gasteiger partial charge in [0.25, 0.3) is 0 Å². The SMILES string of the molecule is CSC[C@@H](CCO)Nc1nc2ccccn2c1[N+](=O)[O-]. The number of aliphatic hydroxyl groups is 1. The maximum Gasteiger partial charge on any atom is 0.372 e. The predicted octanol–water partition coefficient (Wildman–Crippen LogP) is 1.77. The maximum atomic E-state index is 11.2. The van der Waals surface area contributed by atoms with Crippen molar-refractivity contribution in [2.75, 3.05) is 23.9 Å². The minimum atomic E-state index is -0.447. The van der Waals surface area contributed by atoms with Crippen LogP contribution in [-0.4, -0.2) is 44.1 Å². The van der Waals surface area contributed by atoms with Crippen molar-refractivity contribution in [3.63, 3.8) is 0 Å². The van der Waals surface area contributed by atoms with E-state index in [4.69, 9.17) is 5.11 Å². The number of fused-ring (bicyclic) bond motifs is 1. The van der Waals surface area contributed by atoms with Gasteiger partial charge in [0, 0.05) is 24.5 Å². The largest absolute Gasteiger partial charge is 0.396 e. The summed E-state index contributed by atoms with van der Waals surface area (Å²) in [6, 6.07) is 5.16. The first-order chi connectivity index (χ1) is 9.67. The van der Waals surface area contributed by atoms with Crippen molar-refractivity contribution >= 4 is 29.0 Å². The van der Waals surface area contributed by atoms with Crippen molar-refractivity contribution in [3.8, 4) is 0 Å². The van der Waals surface area contributed by atoms with Gasteiger partial charge in [0.15, 0.2) is 0 Å². The van der Waals surface area contributed by atoms with Gasteiger partial charge < -0.3 is 20.5 Å². The lowest BCUT2D eigenvalue weighted by Crippen LogP contribution is -2.24. The Kier molecular flexibility index (Phi) is 4.80. The number of pyridine rings is 1. The molecule has 2 aromatic heterocycles. The fourth-order valence-corrected chi connectivity index (χ4v) is 2.65. The third-order valence-electron chi connectivity index (χ3n) is 2.86. The smallest absolute Gasteiger partial charge is 0.372 e. The average Bonchev–Trinajstić information content (AvgIpc) is 2.77. The molecule has 108 valence electrons. The molecule has 0 aliphatic carbocycles. The van der Waals surface area contributed by atoms with Crippen molar-refractivity contribution in [1.82, 2.24) is 9.38 Å². The molecule has 0 amide bonds. The predicted molar refractivity (Wildman–Crippen MR) is 79.3 cm³/mol. The van der Waals surface area contributed by atoms with Gasteiger partial charge in [-0.25, -0.2) is 0 Å². The Morgan fingerprint density at radius 3 is 3.05 bits per heavy atom. The fraction of sp³-hybridized carbons (Fsp3) is 0.417. The lowest BCUT2D eigenvalue weighted by molar-refractivity contribution is -0.389. The van der Waals surface area contributed by atoms with E-state index in [0.717, 1.165) is 5.75 Å². The van der Waals surface area contributed by atoms with Gasteiger partial charge in [-0.15, -0.1) is 0 Å². The molecule has 0 aliphatic rings. The average molecular weight is 296 g/mol. The lowest BCUT2D eigenvalue weighted by Gasteiger charge is -2.15. The first-order valence-electron chi connectivity index (χ1n) is 6.15. The zero-order valence-electron chi connectivity index (χ0n) is 11.0. The normalized spacial score (nSPS) is 12.5. The van der Waals surface area contributed by atoms with E-state index in [9.17, 15) is 10.1 Å². The van der Waals surface area contributed by atoms with Crippen LogP contribution in [-0.2, 0) is 0 Å². The summed E-state index contributed by atoms with van der Waals surface area (Å²) in [4.78, 5) is 15.1. The Morgan fingerprint density at radius 2 is 2.40 bits per heavy atom. The van der Waals surface area contributed by atoms with Crippen molar-refractivity contribution in [1.29, 1.82) is 0 Å². The van der Waals surface area contributed by atoms with Crippen LogP contribution in [0.1, 0.15) is 6.42 Å². The van der Waals surface area contributed by atoms with Crippen LogP contribution in [0.4, 0.5) is 11.6 Å². The topological polar surface area (TPSA) is 92.7 Å². The summed E-state index contributed by atoms with van der Waals surface area (Å²) in [6.07, 6.45) is 4.08. The first kappa shape index (κ1) is 14.6. The quantitative estimate of drug-likeness (QED) is 0.597. The highest BCUT2D eigenvalue weighted by molar-refractivity contribution is 7.98. The van der Waals surface area contributed by atoms with E-state index in [0.29, 0.717) is 12.1 Å². The minimum Gasteiger partial charge on any atom is -0.396 e. The summed E-state index contributed by atoms with van der Waals surface area (Å²) in [5, 5.41) is 23.4. The van der Waals surface area contributed by atoms with Gasteiger partial charge in [-0.05, 0) is 23.7 Å². The second-order valence-corrected chi connectivity index (χ2v) is 5.19. The van der Waals surface area contributed by atoms with Crippen molar-refractivity contribution in [2.24, 2.45) is 0 Å². The lowest BCUT2D eigenvalue weighted by atomic mass is 10.2. The number of rotatable bonds is 7. The zero-order valence-corrected chi connectivity index (χ0v) is 11.8. The van der Waals surface area contributed by atoms with Crippen LogP contribution in [0, 0.1) is 10.1 Å². The molecule has 2 heterocycles. The standard InChI is InChI=1S/C12H16N4O3S/c1-20-8-9(5-7-17)13-11-12(16(18)19)15-6-3-2-4-10(15)14-11/h2-4,6,9,13,17H,5,7-8H2,1H3/t9-/m1/s1. The summed E-state index contributed by atoms with van der Waals surface area (Å²) in [7, 11) is 0. The molecule has 2 aromatic rings. The van der Waals surface area contributed by atoms with E-state index in [1.807, 2.05) is 6.26 Å². The van der Waals surface area contributed by atoms with Gasteiger partial charge in [0.2, 0.25) is 11.5 Å². The maximum absolute atomic E-state index is 11.2. The number of hydrogen-bond acceptors (Lipinski definition) is 6. The summed E-state index contributed by atoms with van der Waals surface area (Å²) >= 11 is 1.61. The minimum absolute atomic E-state index is 0.0272. The molecule has 0 unspecified atom stereocenters. The fourth-order valence-electron chi connectivity index (χ4n) is 2.00. The van der Waals surface area contributed by atoms with E-state index in [2.05, 4.69) is 10.3 Å². The van der Waals surface area contributed by atoms with E-state index < -0.39 is 4.92 Å². The first-order valence-corrected chi connectivity index (χ1v) is 7.54. The number of anilines is 1. The summed E-state index contributed by atoms with van der Waals surface area (Å²) < 4.78 is 1.44. The Morgan fingerprint density at radius 1 is 1.60 bits per heavy atom. The summed E-state index contributed by atoms with van der Waals surface area (Å²) in [5.74, 6) is 0.907. The molecule has 0 fully saturated rings. The summed E-state index contributed by atoms with van der Waals surface area (Å²) in [6.45, 7) is 0.0272. The van der Waals surface area contributed by atoms with Gasteiger partial charge in [0.1, 0.15) is 0 Å². The molecule has 1 atom stereocenters. The monoisotopic (exact) mass is 296 g/mol. The van der Waals surface area contributed by atoms with Gasteiger partial charge in [-0.3, -0.25) is 0 Å².